The average molecular weight is 504 g/mol. The predicted molar refractivity (Wildman–Crippen MR) is 140 cm³/mol. The normalized spacial score (nSPS) is 11.5. The molecule has 36 heavy (non-hydrogen) atoms. The molecule has 0 radical (unpaired) electrons. The van der Waals surface area contributed by atoms with Crippen molar-refractivity contribution in [2.45, 2.75) is 32.2 Å². The van der Waals surface area contributed by atoms with Crippen LogP contribution in [0.25, 0.3) is 0 Å². The van der Waals surface area contributed by atoms with Gasteiger partial charge < -0.3 is 19.5 Å². The fourth-order valence-electron chi connectivity index (χ4n) is 3.72. The maximum atomic E-state index is 12.9. The summed E-state index contributed by atoms with van der Waals surface area (Å²) in [4.78, 5) is 17.4. The molecule has 0 saturated heterocycles. The number of amides is 1. The van der Waals surface area contributed by atoms with Gasteiger partial charge in [-0.3, -0.25) is 4.79 Å². The van der Waals surface area contributed by atoms with Gasteiger partial charge in [-0.15, -0.1) is 0 Å². The molecule has 4 aromatic rings. The monoisotopic (exact) mass is 503 g/mol. The highest BCUT2D eigenvalue weighted by Crippen LogP contribution is 2.33. The van der Waals surface area contributed by atoms with E-state index in [1.54, 1.807) is 32.4 Å². The smallest absolute Gasteiger partial charge is 0.298 e. The zero-order chi connectivity index (χ0) is 25.3. The molecule has 7 nitrogen and oxygen atoms in total. The van der Waals surface area contributed by atoms with Crippen molar-refractivity contribution in [2.24, 2.45) is 0 Å². The molecule has 3 aromatic carbocycles. The number of rotatable bonds is 11. The first-order valence-electron chi connectivity index (χ1n) is 11.7. The lowest BCUT2D eigenvalue weighted by atomic mass is 10.1. The van der Waals surface area contributed by atoms with Gasteiger partial charge in [-0.05, 0) is 61.2 Å². The lowest BCUT2D eigenvalue weighted by Gasteiger charge is -2.15. The van der Waals surface area contributed by atoms with E-state index in [0.717, 1.165) is 35.7 Å². The SMILES string of the molecule is COc1cccc(Cc2nsc(Oc3cc(C(=O)NC(C)CCc4ccccc4)ccc3OC)n2)c1. The summed E-state index contributed by atoms with van der Waals surface area (Å²) in [5, 5.41) is 3.44. The Balaban J connectivity index is 1.40. The first-order chi connectivity index (χ1) is 17.5. The lowest BCUT2D eigenvalue weighted by molar-refractivity contribution is 0.0938. The van der Waals surface area contributed by atoms with Gasteiger partial charge in [-0.25, -0.2) is 0 Å². The molecule has 1 unspecified atom stereocenters. The number of carbonyl (C=O) groups is 1. The van der Waals surface area contributed by atoms with Crippen molar-refractivity contribution < 1.29 is 19.0 Å². The van der Waals surface area contributed by atoms with Crippen LogP contribution in [-0.2, 0) is 12.8 Å². The highest BCUT2D eigenvalue weighted by molar-refractivity contribution is 7.07. The zero-order valence-electron chi connectivity index (χ0n) is 20.6. The van der Waals surface area contributed by atoms with Crippen molar-refractivity contribution in [2.75, 3.05) is 14.2 Å². The van der Waals surface area contributed by atoms with E-state index < -0.39 is 0 Å². The largest absolute Gasteiger partial charge is 0.497 e. The van der Waals surface area contributed by atoms with E-state index in [-0.39, 0.29) is 11.9 Å². The summed E-state index contributed by atoms with van der Waals surface area (Å²) in [6.45, 7) is 2.01. The number of hydrogen-bond acceptors (Lipinski definition) is 7. The number of benzene rings is 3. The molecule has 0 aliphatic rings. The Hall–Kier alpha value is -3.91. The van der Waals surface area contributed by atoms with Gasteiger partial charge in [0.15, 0.2) is 17.3 Å². The van der Waals surface area contributed by atoms with Crippen molar-refractivity contribution in [3.8, 4) is 22.4 Å². The topological polar surface area (TPSA) is 82.6 Å². The van der Waals surface area contributed by atoms with Gasteiger partial charge >= 0.3 is 0 Å². The van der Waals surface area contributed by atoms with Crippen molar-refractivity contribution >= 4 is 17.4 Å². The second-order valence-electron chi connectivity index (χ2n) is 8.37. The van der Waals surface area contributed by atoms with Crippen LogP contribution in [0.1, 0.15) is 40.7 Å². The van der Waals surface area contributed by atoms with Gasteiger partial charge in [0.1, 0.15) is 5.75 Å². The van der Waals surface area contributed by atoms with Crippen molar-refractivity contribution in [3.05, 3.63) is 95.3 Å². The van der Waals surface area contributed by atoms with Gasteiger partial charge in [-0.2, -0.15) is 9.36 Å². The van der Waals surface area contributed by atoms with E-state index in [9.17, 15) is 4.79 Å². The molecule has 0 aliphatic carbocycles. The van der Waals surface area contributed by atoms with E-state index >= 15 is 0 Å². The first kappa shape index (κ1) is 25.2. The molecular formula is C28H29N3O4S. The Bertz CT molecular complexity index is 1290. The minimum atomic E-state index is -0.168. The van der Waals surface area contributed by atoms with E-state index in [4.69, 9.17) is 14.2 Å². The van der Waals surface area contributed by atoms with E-state index in [1.807, 2.05) is 49.4 Å². The first-order valence-corrected chi connectivity index (χ1v) is 12.5. The number of nitrogens with one attached hydrogen (secondary N) is 1. The summed E-state index contributed by atoms with van der Waals surface area (Å²) in [5.74, 6) is 2.18. The third-order valence-corrected chi connectivity index (χ3v) is 6.29. The van der Waals surface area contributed by atoms with Crippen LogP contribution < -0.4 is 19.5 Å². The quantitative estimate of drug-likeness (QED) is 0.283. The van der Waals surface area contributed by atoms with Crippen LogP contribution in [0.3, 0.4) is 0 Å². The molecule has 1 N–H and O–H groups in total. The van der Waals surface area contributed by atoms with Crippen LogP contribution in [0.15, 0.2) is 72.8 Å². The summed E-state index contributed by atoms with van der Waals surface area (Å²) in [7, 11) is 3.20. The number of methoxy groups -OCH3 is 2. The fourth-order valence-corrected chi connectivity index (χ4v) is 4.28. The van der Waals surface area contributed by atoms with Crippen LogP contribution in [0, 0.1) is 0 Å². The Kier molecular flexibility index (Phi) is 8.52. The number of aromatic nitrogens is 2. The molecule has 0 aliphatic heterocycles. The molecule has 0 bridgehead atoms. The van der Waals surface area contributed by atoms with Crippen molar-refractivity contribution in [1.29, 1.82) is 0 Å². The standard InChI is InChI=1S/C28H29N3O4S/c1-19(12-13-20-8-5-4-6-9-20)29-27(32)22-14-15-24(34-3)25(18-22)35-28-30-26(31-36-28)17-21-10-7-11-23(16-21)33-2/h4-11,14-16,18-19H,12-13,17H2,1-3H3,(H,29,32). The molecule has 186 valence electrons. The zero-order valence-corrected chi connectivity index (χ0v) is 21.4. The molecule has 8 heteroatoms. The molecule has 1 aromatic heterocycles. The summed E-state index contributed by atoms with van der Waals surface area (Å²) in [5.41, 5.74) is 2.77. The predicted octanol–water partition coefficient (Wildman–Crippen LogP) is 5.69. The molecule has 4 rings (SSSR count). The van der Waals surface area contributed by atoms with Crippen LogP contribution in [0.4, 0.5) is 0 Å². The second kappa shape index (κ2) is 12.2. The number of hydrogen-bond donors (Lipinski definition) is 1. The van der Waals surface area contributed by atoms with E-state index in [0.29, 0.717) is 34.5 Å². The summed E-state index contributed by atoms with van der Waals surface area (Å²) in [6, 6.07) is 23.1. The summed E-state index contributed by atoms with van der Waals surface area (Å²) < 4.78 is 21.1. The van der Waals surface area contributed by atoms with Gasteiger partial charge in [0.25, 0.3) is 11.1 Å². The molecule has 1 amide bonds. The maximum Gasteiger partial charge on any atom is 0.298 e. The molecule has 1 heterocycles. The minimum Gasteiger partial charge on any atom is -0.497 e. The van der Waals surface area contributed by atoms with Crippen LogP contribution in [0.2, 0.25) is 0 Å². The van der Waals surface area contributed by atoms with Gasteiger partial charge in [0.05, 0.1) is 14.2 Å². The van der Waals surface area contributed by atoms with E-state index in [2.05, 4.69) is 26.8 Å². The highest BCUT2D eigenvalue weighted by atomic mass is 32.1. The third-order valence-electron chi connectivity index (χ3n) is 5.66. The number of nitrogens with zero attached hydrogens (tertiary/aromatic N) is 2. The average Bonchev–Trinajstić information content (AvgIpc) is 3.34. The van der Waals surface area contributed by atoms with Gasteiger partial charge in [0.2, 0.25) is 0 Å². The maximum absolute atomic E-state index is 12.9. The summed E-state index contributed by atoms with van der Waals surface area (Å²) in [6.07, 6.45) is 2.29. The number of carbonyl (C=O) groups excluding carboxylic acids is 1. The Morgan fingerprint density at radius 2 is 1.75 bits per heavy atom. The van der Waals surface area contributed by atoms with Crippen molar-refractivity contribution in [1.82, 2.24) is 14.7 Å². The molecule has 0 saturated carbocycles. The third kappa shape index (κ3) is 6.82. The summed E-state index contributed by atoms with van der Waals surface area (Å²) >= 11 is 1.15. The van der Waals surface area contributed by atoms with E-state index in [1.165, 1.54) is 5.56 Å². The second-order valence-corrected chi connectivity index (χ2v) is 9.09. The Labute approximate surface area is 215 Å². The number of ether oxygens (including phenoxy) is 3. The Morgan fingerprint density at radius 3 is 2.53 bits per heavy atom. The number of aryl methyl sites for hydroxylation is 1. The highest BCUT2D eigenvalue weighted by Gasteiger charge is 2.16. The van der Waals surface area contributed by atoms with Gasteiger partial charge in [-0.1, -0.05) is 42.5 Å². The lowest BCUT2D eigenvalue weighted by Crippen LogP contribution is -2.32. The Morgan fingerprint density at radius 1 is 0.944 bits per heavy atom. The van der Waals surface area contributed by atoms with Gasteiger partial charge in [0, 0.05) is 29.6 Å². The van der Waals surface area contributed by atoms with Crippen LogP contribution in [-0.4, -0.2) is 35.5 Å². The molecular weight excluding hydrogens is 474 g/mol. The molecule has 0 spiro atoms. The van der Waals surface area contributed by atoms with Crippen LogP contribution >= 0.6 is 11.5 Å². The van der Waals surface area contributed by atoms with Crippen LogP contribution in [0.5, 0.6) is 22.4 Å². The molecule has 1 atom stereocenters. The molecule has 0 fully saturated rings. The van der Waals surface area contributed by atoms with Crippen molar-refractivity contribution in [3.63, 3.8) is 0 Å². The fraction of sp³-hybridized carbons (Fsp3) is 0.250. The minimum absolute atomic E-state index is 0.0199.